The Morgan fingerprint density at radius 2 is 1.67 bits per heavy atom. The Hall–Kier alpha value is -3.63. The zero-order chi connectivity index (χ0) is 21.1. The van der Waals surface area contributed by atoms with Crippen molar-refractivity contribution in [2.75, 3.05) is 10.8 Å². The Morgan fingerprint density at radius 3 is 2.43 bits per heavy atom. The van der Waals surface area contributed by atoms with E-state index >= 15 is 0 Å². The maximum absolute atomic E-state index is 13.2. The van der Waals surface area contributed by atoms with Gasteiger partial charge in [0.15, 0.2) is 0 Å². The lowest BCUT2D eigenvalue weighted by atomic mass is 10.0. The summed E-state index contributed by atoms with van der Waals surface area (Å²) < 4.78 is 33.1. The summed E-state index contributed by atoms with van der Waals surface area (Å²) in [6.07, 6.45) is 1.59. The lowest BCUT2D eigenvalue weighted by molar-refractivity contribution is 0.0734. The van der Waals surface area contributed by atoms with Gasteiger partial charge in [0, 0.05) is 6.54 Å². The summed E-state index contributed by atoms with van der Waals surface area (Å²) >= 11 is 0. The SMILES string of the molecule is N#Cc1ccccc1OC(=O)c1ccc(S(=O)(=O)N2CCCc3ccccc32)cc1. The first-order valence-corrected chi connectivity index (χ1v) is 10.9. The van der Waals surface area contributed by atoms with E-state index in [4.69, 9.17) is 10.00 Å². The summed E-state index contributed by atoms with van der Waals surface area (Å²) in [7, 11) is -3.75. The van der Waals surface area contributed by atoms with Gasteiger partial charge in [-0.2, -0.15) is 5.26 Å². The van der Waals surface area contributed by atoms with Crippen molar-refractivity contribution < 1.29 is 17.9 Å². The van der Waals surface area contributed by atoms with E-state index < -0.39 is 16.0 Å². The molecule has 3 aromatic carbocycles. The highest BCUT2D eigenvalue weighted by Crippen LogP contribution is 2.31. The van der Waals surface area contributed by atoms with Gasteiger partial charge in [-0.15, -0.1) is 0 Å². The molecule has 0 fully saturated rings. The number of aryl methyl sites for hydroxylation is 1. The average molecular weight is 418 g/mol. The number of hydrogen-bond acceptors (Lipinski definition) is 5. The molecular weight excluding hydrogens is 400 g/mol. The molecule has 0 N–H and O–H groups in total. The molecule has 1 aliphatic rings. The lowest BCUT2D eigenvalue weighted by Gasteiger charge is -2.30. The first kappa shape index (κ1) is 19.7. The van der Waals surface area contributed by atoms with Gasteiger partial charge < -0.3 is 4.74 Å². The van der Waals surface area contributed by atoms with Crippen molar-refractivity contribution in [3.8, 4) is 11.8 Å². The smallest absolute Gasteiger partial charge is 0.343 e. The number of carbonyl (C=O) groups excluding carboxylic acids is 1. The van der Waals surface area contributed by atoms with E-state index in [1.807, 2.05) is 30.3 Å². The molecule has 30 heavy (non-hydrogen) atoms. The van der Waals surface area contributed by atoms with Crippen LogP contribution in [-0.4, -0.2) is 20.9 Å². The van der Waals surface area contributed by atoms with Crippen molar-refractivity contribution in [2.45, 2.75) is 17.7 Å². The number of sulfonamides is 1. The molecule has 0 aromatic heterocycles. The molecule has 7 heteroatoms. The molecule has 0 saturated heterocycles. The van der Waals surface area contributed by atoms with E-state index in [9.17, 15) is 13.2 Å². The summed E-state index contributed by atoms with van der Waals surface area (Å²) in [5.74, 6) is -0.503. The molecular formula is C23H18N2O4S. The quantitative estimate of drug-likeness (QED) is 0.473. The van der Waals surface area contributed by atoms with Gasteiger partial charge >= 0.3 is 5.97 Å². The first-order chi connectivity index (χ1) is 14.5. The van der Waals surface area contributed by atoms with Crippen molar-refractivity contribution in [1.29, 1.82) is 5.26 Å². The minimum atomic E-state index is -3.75. The van der Waals surface area contributed by atoms with Crippen LogP contribution in [0.2, 0.25) is 0 Å². The second-order valence-corrected chi connectivity index (χ2v) is 8.69. The molecule has 4 rings (SSSR count). The van der Waals surface area contributed by atoms with Crippen LogP contribution in [0.25, 0.3) is 0 Å². The Balaban J connectivity index is 1.58. The third kappa shape index (κ3) is 3.65. The molecule has 6 nitrogen and oxygen atoms in total. The van der Waals surface area contributed by atoms with Crippen LogP contribution in [0.4, 0.5) is 5.69 Å². The Morgan fingerprint density at radius 1 is 0.967 bits per heavy atom. The van der Waals surface area contributed by atoms with Crippen LogP contribution in [0, 0.1) is 11.3 Å². The van der Waals surface area contributed by atoms with Crippen LogP contribution in [0.3, 0.4) is 0 Å². The number of hydrogen-bond donors (Lipinski definition) is 0. The van der Waals surface area contributed by atoms with Gasteiger partial charge in [-0.1, -0.05) is 30.3 Å². The number of fused-ring (bicyclic) bond motifs is 1. The molecule has 0 unspecified atom stereocenters. The van der Waals surface area contributed by atoms with Crippen molar-refractivity contribution in [1.82, 2.24) is 0 Å². The highest BCUT2D eigenvalue weighted by atomic mass is 32.2. The van der Waals surface area contributed by atoms with E-state index in [1.54, 1.807) is 18.2 Å². The third-order valence-electron chi connectivity index (χ3n) is 4.96. The van der Waals surface area contributed by atoms with Crippen molar-refractivity contribution in [2.24, 2.45) is 0 Å². The van der Waals surface area contributed by atoms with Crippen molar-refractivity contribution >= 4 is 21.7 Å². The van der Waals surface area contributed by atoms with Crippen LogP contribution in [0.5, 0.6) is 5.75 Å². The fraction of sp³-hybridized carbons (Fsp3) is 0.130. The van der Waals surface area contributed by atoms with Crippen LogP contribution in [0.15, 0.2) is 77.7 Å². The molecule has 0 saturated carbocycles. The molecule has 150 valence electrons. The zero-order valence-electron chi connectivity index (χ0n) is 16.0. The number of para-hydroxylation sites is 2. The fourth-order valence-corrected chi connectivity index (χ4v) is 4.99. The molecule has 1 aliphatic heterocycles. The second kappa shape index (κ2) is 8.01. The maximum Gasteiger partial charge on any atom is 0.343 e. The van der Waals surface area contributed by atoms with Gasteiger partial charge in [0.2, 0.25) is 0 Å². The molecule has 0 spiro atoms. The topological polar surface area (TPSA) is 87.5 Å². The Kier molecular flexibility index (Phi) is 5.25. The highest BCUT2D eigenvalue weighted by Gasteiger charge is 2.29. The van der Waals surface area contributed by atoms with Crippen LogP contribution < -0.4 is 9.04 Å². The monoisotopic (exact) mass is 418 g/mol. The zero-order valence-corrected chi connectivity index (χ0v) is 16.8. The van der Waals surface area contributed by atoms with Crippen LogP contribution in [-0.2, 0) is 16.4 Å². The number of carbonyl (C=O) groups is 1. The van der Waals surface area contributed by atoms with Crippen LogP contribution >= 0.6 is 0 Å². The number of nitriles is 1. The van der Waals surface area contributed by atoms with Gasteiger partial charge in [-0.3, -0.25) is 4.31 Å². The van der Waals surface area contributed by atoms with Crippen molar-refractivity contribution in [3.05, 3.63) is 89.5 Å². The molecule has 0 radical (unpaired) electrons. The largest absolute Gasteiger partial charge is 0.422 e. The number of rotatable bonds is 4. The Labute approximate surface area is 175 Å². The molecule has 0 bridgehead atoms. The normalized spacial score (nSPS) is 13.2. The van der Waals surface area contributed by atoms with E-state index in [-0.39, 0.29) is 21.8 Å². The second-order valence-electron chi connectivity index (χ2n) is 6.83. The van der Waals surface area contributed by atoms with Crippen molar-refractivity contribution in [3.63, 3.8) is 0 Å². The Bertz CT molecular complexity index is 1240. The highest BCUT2D eigenvalue weighted by molar-refractivity contribution is 7.92. The number of nitrogens with zero attached hydrogens (tertiary/aromatic N) is 2. The minimum Gasteiger partial charge on any atom is -0.422 e. The summed E-state index contributed by atoms with van der Waals surface area (Å²) in [6.45, 7) is 0.411. The molecule has 0 amide bonds. The maximum atomic E-state index is 13.2. The minimum absolute atomic E-state index is 0.105. The predicted octanol–water partition coefficient (Wildman–Crippen LogP) is 3.92. The van der Waals surface area contributed by atoms with Gasteiger partial charge in [0.25, 0.3) is 10.0 Å². The molecule has 3 aromatic rings. The molecule has 0 atom stereocenters. The molecule has 0 aliphatic carbocycles. The summed E-state index contributed by atoms with van der Waals surface area (Å²) in [4.78, 5) is 12.5. The standard InChI is InChI=1S/C23H18N2O4S/c24-16-19-7-2-4-10-22(19)29-23(26)18-11-13-20(14-12-18)30(27,28)25-15-5-8-17-6-1-3-9-21(17)25/h1-4,6-7,9-14H,5,8,15H2. The summed E-state index contributed by atoms with van der Waals surface area (Å²) in [5.41, 5.74) is 2.14. The number of ether oxygens (including phenoxy) is 1. The number of anilines is 1. The average Bonchev–Trinajstić information content (AvgIpc) is 2.79. The first-order valence-electron chi connectivity index (χ1n) is 9.43. The number of benzene rings is 3. The lowest BCUT2D eigenvalue weighted by Crippen LogP contribution is -2.35. The van der Waals surface area contributed by atoms with Gasteiger partial charge in [0.1, 0.15) is 11.8 Å². The van der Waals surface area contributed by atoms with E-state index in [0.29, 0.717) is 12.2 Å². The number of esters is 1. The van der Waals surface area contributed by atoms with Gasteiger partial charge in [-0.05, 0) is 60.9 Å². The van der Waals surface area contributed by atoms with Gasteiger partial charge in [-0.25, -0.2) is 13.2 Å². The summed E-state index contributed by atoms with van der Waals surface area (Å²) in [6, 6.07) is 21.5. The van der Waals surface area contributed by atoms with E-state index in [2.05, 4.69) is 0 Å². The predicted molar refractivity (Wildman–Crippen MR) is 112 cm³/mol. The van der Waals surface area contributed by atoms with E-state index in [1.165, 1.54) is 34.6 Å². The third-order valence-corrected chi connectivity index (χ3v) is 6.78. The summed E-state index contributed by atoms with van der Waals surface area (Å²) in [5, 5.41) is 9.11. The van der Waals surface area contributed by atoms with E-state index in [0.717, 1.165) is 18.4 Å². The molecule has 1 heterocycles. The fourth-order valence-electron chi connectivity index (χ4n) is 3.45. The van der Waals surface area contributed by atoms with Crippen LogP contribution in [0.1, 0.15) is 27.9 Å². The van der Waals surface area contributed by atoms with Gasteiger partial charge in [0.05, 0.1) is 21.7 Å².